The normalized spacial score (nSPS) is 10.1. The number of hydrogen-bond donors (Lipinski definition) is 2. The minimum absolute atomic E-state index is 0.0485. The molecule has 0 aliphatic heterocycles. The lowest BCUT2D eigenvalue weighted by molar-refractivity contribution is -0.115. The summed E-state index contributed by atoms with van der Waals surface area (Å²) in [6.45, 7) is 5.78. The molecule has 0 saturated heterocycles. The van der Waals surface area contributed by atoms with Crippen molar-refractivity contribution in [3.8, 4) is 0 Å². The second kappa shape index (κ2) is 6.89. The van der Waals surface area contributed by atoms with Gasteiger partial charge in [0.2, 0.25) is 5.91 Å². The fourth-order valence-electron chi connectivity index (χ4n) is 2.04. The largest absolute Gasteiger partial charge is 0.326 e. The summed E-state index contributed by atoms with van der Waals surface area (Å²) < 4.78 is 0. The van der Waals surface area contributed by atoms with E-state index in [1.807, 2.05) is 32.0 Å². The Labute approximate surface area is 130 Å². The summed E-state index contributed by atoms with van der Waals surface area (Å²) in [4.78, 5) is 23.6. The first-order valence-corrected chi connectivity index (χ1v) is 7.28. The summed E-state index contributed by atoms with van der Waals surface area (Å²) in [7, 11) is 0. The molecule has 4 nitrogen and oxygen atoms in total. The van der Waals surface area contributed by atoms with Gasteiger partial charge in [-0.05, 0) is 55.3 Å². The van der Waals surface area contributed by atoms with Gasteiger partial charge in [0, 0.05) is 23.4 Å². The van der Waals surface area contributed by atoms with Gasteiger partial charge in [-0.15, -0.1) is 0 Å². The highest BCUT2D eigenvalue weighted by atomic mass is 16.2. The van der Waals surface area contributed by atoms with Gasteiger partial charge in [-0.1, -0.05) is 19.1 Å². The summed E-state index contributed by atoms with van der Waals surface area (Å²) in [5.41, 5.74) is 4.25. The number of rotatable bonds is 4. The Hall–Kier alpha value is -2.62. The summed E-state index contributed by atoms with van der Waals surface area (Å²) >= 11 is 0. The van der Waals surface area contributed by atoms with Crippen LogP contribution < -0.4 is 10.6 Å². The molecule has 2 rings (SSSR count). The lowest BCUT2D eigenvalue weighted by Crippen LogP contribution is -2.13. The van der Waals surface area contributed by atoms with Crippen LogP contribution in [0.4, 0.5) is 11.4 Å². The molecule has 0 aliphatic carbocycles. The Morgan fingerprint density at radius 3 is 2.27 bits per heavy atom. The number of hydrogen-bond acceptors (Lipinski definition) is 2. The van der Waals surface area contributed by atoms with E-state index in [1.54, 1.807) is 31.2 Å². The van der Waals surface area contributed by atoms with Crippen LogP contribution in [0, 0.1) is 13.8 Å². The van der Waals surface area contributed by atoms with Gasteiger partial charge < -0.3 is 10.6 Å². The van der Waals surface area contributed by atoms with Crippen LogP contribution in [-0.2, 0) is 4.79 Å². The molecule has 2 aromatic carbocycles. The van der Waals surface area contributed by atoms with Crippen molar-refractivity contribution in [1.82, 2.24) is 0 Å². The van der Waals surface area contributed by atoms with E-state index >= 15 is 0 Å². The topological polar surface area (TPSA) is 58.2 Å². The quantitative estimate of drug-likeness (QED) is 0.899. The van der Waals surface area contributed by atoms with Crippen LogP contribution in [-0.4, -0.2) is 11.8 Å². The van der Waals surface area contributed by atoms with Gasteiger partial charge >= 0.3 is 0 Å². The van der Waals surface area contributed by atoms with Crippen molar-refractivity contribution in [2.75, 3.05) is 10.6 Å². The smallest absolute Gasteiger partial charge is 0.255 e. The SMILES string of the molecule is CCC(=O)Nc1ccc(C(=O)Nc2cccc(C)c2C)cc1. The summed E-state index contributed by atoms with van der Waals surface area (Å²) in [6.07, 6.45) is 0.425. The van der Waals surface area contributed by atoms with Crippen LogP contribution in [0.25, 0.3) is 0 Å². The van der Waals surface area contributed by atoms with Crippen LogP contribution in [0.5, 0.6) is 0 Å². The average Bonchev–Trinajstić information content (AvgIpc) is 2.52. The van der Waals surface area contributed by atoms with Gasteiger partial charge in [-0.3, -0.25) is 9.59 Å². The van der Waals surface area contributed by atoms with Gasteiger partial charge in [-0.25, -0.2) is 0 Å². The predicted molar refractivity (Wildman–Crippen MR) is 89.2 cm³/mol. The number of nitrogens with one attached hydrogen (secondary N) is 2. The second-order valence-electron chi connectivity index (χ2n) is 5.18. The van der Waals surface area contributed by atoms with E-state index in [1.165, 1.54) is 0 Å². The molecular weight excluding hydrogens is 276 g/mol. The van der Waals surface area contributed by atoms with Crippen LogP contribution >= 0.6 is 0 Å². The Balaban J connectivity index is 2.10. The summed E-state index contributed by atoms with van der Waals surface area (Å²) in [5, 5.41) is 5.67. The highest BCUT2D eigenvalue weighted by Crippen LogP contribution is 2.19. The molecule has 0 saturated carbocycles. The van der Waals surface area contributed by atoms with Crippen molar-refractivity contribution in [2.24, 2.45) is 0 Å². The molecule has 2 amide bonds. The fourth-order valence-corrected chi connectivity index (χ4v) is 2.04. The first-order valence-electron chi connectivity index (χ1n) is 7.28. The van der Waals surface area contributed by atoms with Crippen molar-refractivity contribution in [3.63, 3.8) is 0 Å². The van der Waals surface area contributed by atoms with E-state index in [0.717, 1.165) is 16.8 Å². The minimum Gasteiger partial charge on any atom is -0.326 e. The maximum atomic E-state index is 12.3. The predicted octanol–water partition coefficient (Wildman–Crippen LogP) is 3.90. The Kier molecular flexibility index (Phi) is 4.94. The molecular formula is C18H20N2O2. The molecule has 0 spiro atoms. The molecule has 0 heterocycles. The molecule has 22 heavy (non-hydrogen) atoms. The molecule has 0 aromatic heterocycles. The minimum atomic E-state index is -0.165. The molecule has 4 heteroatoms. The second-order valence-corrected chi connectivity index (χ2v) is 5.18. The third-order valence-electron chi connectivity index (χ3n) is 3.60. The highest BCUT2D eigenvalue weighted by Gasteiger charge is 2.09. The third kappa shape index (κ3) is 3.73. The highest BCUT2D eigenvalue weighted by molar-refractivity contribution is 6.05. The third-order valence-corrected chi connectivity index (χ3v) is 3.60. The molecule has 0 bridgehead atoms. The molecule has 114 valence electrons. The maximum absolute atomic E-state index is 12.3. The van der Waals surface area contributed by atoms with Crippen molar-refractivity contribution in [1.29, 1.82) is 0 Å². The lowest BCUT2D eigenvalue weighted by Gasteiger charge is -2.11. The van der Waals surface area contributed by atoms with Crippen LogP contribution in [0.1, 0.15) is 34.8 Å². The van der Waals surface area contributed by atoms with Crippen molar-refractivity contribution in [3.05, 3.63) is 59.2 Å². The maximum Gasteiger partial charge on any atom is 0.255 e. The van der Waals surface area contributed by atoms with Crippen LogP contribution in [0.3, 0.4) is 0 Å². The number of carbonyl (C=O) groups excluding carboxylic acids is 2. The van der Waals surface area contributed by atoms with Crippen molar-refractivity contribution < 1.29 is 9.59 Å². The molecule has 2 N–H and O–H groups in total. The Morgan fingerprint density at radius 1 is 0.955 bits per heavy atom. The lowest BCUT2D eigenvalue weighted by atomic mass is 10.1. The van der Waals surface area contributed by atoms with E-state index < -0.39 is 0 Å². The Bertz CT molecular complexity index is 691. The van der Waals surface area contributed by atoms with Crippen LogP contribution in [0.15, 0.2) is 42.5 Å². The zero-order chi connectivity index (χ0) is 16.1. The Morgan fingerprint density at radius 2 is 1.64 bits per heavy atom. The number of anilines is 2. The van der Waals surface area contributed by atoms with E-state index in [4.69, 9.17) is 0 Å². The molecule has 0 fully saturated rings. The summed E-state index contributed by atoms with van der Waals surface area (Å²) in [5.74, 6) is -0.213. The molecule has 0 unspecified atom stereocenters. The number of carbonyl (C=O) groups is 2. The zero-order valence-electron chi connectivity index (χ0n) is 13.1. The first-order chi connectivity index (χ1) is 10.5. The monoisotopic (exact) mass is 296 g/mol. The molecule has 0 atom stereocenters. The molecule has 2 aromatic rings. The molecule has 0 radical (unpaired) electrons. The standard InChI is InChI=1S/C18H20N2O2/c1-4-17(21)19-15-10-8-14(9-11-15)18(22)20-16-7-5-6-12(2)13(16)3/h5-11H,4H2,1-3H3,(H,19,21)(H,20,22). The zero-order valence-corrected chi connectivity index (χ0v) is 13.1. The first kappa shape index (κ1) is 15.8. The van der Waals surface area contributed by atoms with Gasteiger partial charge in [-0.2, -0.15) is 0 Å². The van der Waals surface area contributed by atoms with E-state index in [-0.39, 0.29) is 11.8 Å². The van der Waals surface area contributed by atoms with Gasteiger partial charge in [0.25, 0.3) is 5.91 Å². The van der Waals surface area contributed by atoms with Crippen molar-refractivity contribution >= 4 is 23.2 Å². The van der Waals surface area contributed by atoms with Gasteiger partial charge in [0.05, 0.1) is 0 Å². The van der Waals surface area contributed by atoms with Gasteiger partial charge in [0.15, 0.2) is 0 Å². The number of benzene rings is 2. The van der Waals surface area contributed by atoms with E-state index in [9.17, 15) is 9.59 Å². The fraction of sp³-hybridized carbons (Fsp3) is 0.222. The summed E-state index contributed by atoms with van der Waals surface area (Å²) in [6, 6.07) is 12.7. The molecule has 0 aliphatic rings. The van der Waals surface area contributed by atoms with Gasteiger partial charge in [0.1, 0.15) is 0 Å². The number of aryl methyl sites for hydroxylation is 1. The van der Waals surface area contributed by atoms with E-state index in [0.29, 0.717) is 17.7 Å². The number of amides is 2. The van der Waals surface area contributed by atoms with E-state index in [2.05, 4.69) is 10.6 Å². The van der Waals surface area contributed by atoms with Crippen LogP contribution in [0.2, 0.25) is 0 Å². The average molecular weight is 296 g/mol. The van der Waals surface area contributed by atoms with Crippen molar-refractivity contribution in [2.45, 2.75) is 27.2 Å².